The van der Waals surface area contributed by atoms with E-state index in [2.05, 4.69) is 24.1 Å². The van der Waals surface area contributed by atoms with Crippen LogP contribution < -0.4 is 5.32 Å². The van der Waals surface area contributed by atoms with Crippen LogP contribution in [0.5, 0.6) is 0 Å². The molecule has 0 aromatic carbocycles. The average molecular weight is 238 g/mol. The molecule has 2 rings (SSSR count). The second-order valence-electron chi connectivity index (χ2n) is 5.73. The van der Waals surface area contributed by atoms with E-state index in [9.17, 15) is 4.79 Å². The third kappa shape index (κ3) is 3.01. The molecule has 3 unspecified atom stereocenters. The number of hydrogen-bond donors (Lipinski definition) is 1. The van der Waals surface area contributed by atoms with Crippen molar-refractivity contribution in [1.82, 2.24) is 10.2 Å². The molecule has 0 bridgehead atoms. The Kier molecular flexibility index (Phi) is 4.43. The highest BCUT2D eigenvalue weighted by Crippen LogP contribution is 2.23. The van der Waals surface area contributed by atoms with Gasteiger partial charge in [-0.2, -0.15) is 0 Å². The maximum absolute atomic E-state index is 12.4. The molecule has 0 aromatic heterocycles. The highest BCUT2D eigenvalue weighted by Gasteiger charge is 2.33. The van der Waals surface area contributed by atoms with Gasteiger partial charge in [-0.3, -0.25) is 4.79 Å². The zero-order valence-corrected chi connectivity index (χ0v) is 11.2. The van der Waals surface area contributed by atoms with E-state index >= 15 is 0 Å². The van der Waals surface area contributed by atoms with E-state index in [0.29, 0.717) is 11.8 Å². The topological polar surface area (TPSA) is 32.3 Å². The minimum absolute atomic E-state index is 0.0909. The lowest BCUT2D eigenvalue weighted by atomic mass is 9.98. The monoisotopic (exact) mass is 238 g/mol. The molecule has 1 N–H and O–H groups in total. The molecular formula is C14H26N2O. The van der Waals surface area contributed by atoms with Gasteiger partial charge in [0.2, 0.25) is 5.91 Å². The predicted molar refractivity (Wildman–Crippen MR) is 69.8 cm³/mol. The lowest BCUT2D eigenvalue weighted by molar-refractivity contribution is -0.133. The lowest BCUT2D eigenvalue weighted by Crippen LogP contribution is -2.46. The summed E-state index contributed by atoms with van der Waals surface area (Å²) in [5.74, 6) is 1.70. The van der Waals surface area contributed by atoms with Crippen LogP contribution in [0.15, 0.2) is 0 Å². The minimum Gasteiger partial charge on any atom is -0.341 e. The van der Waals surface area contributed by atoms with Crippen LogP contribution >= 0.6 is 0 Å². The molecule has 17 heavy (non-hydrogen) atoms. The zero-order valence-electron chi connectivity index (χ0n) is 11.2. The number of hydrogen-bond acceptors (Lipinski definition) is 2. The molecule has 2 aliphatic rings. The number of rotatable bonds is 2. The van der Waals surface area contributed by atoms with Gasteiger partial charge in [-0.05, 0) is 44.1 Å². The second kappa shape index (κ2) is 5.85. The van der Waals surface area contributed by atoms with Crippen LogP contribution in [-0.4, -0.2) is 36.5 Å². The van der Waals surface area contributed by atoms with Crippen LogP contribution in [0.2, 0.25) is 0 Å². The Hall–Kier alpha value is -0.570. The number of amides is 1. The first-order chi connectivity index (χ1) is 8.22. The Morgan fingerprint density at radius 2 is 2.12 bits per heavy atom. The normalized spacial score (nSPS) is 34.7. The SMILES string of the molecule is CCC1CCCN(C(=O)C2NCCC2C)CC1. The third-order valence-corrected chi connectivity index (χ3v) is 4.54. The zero-order chi connectivity index (χ0) is 12.3. The van der Waals surface area contributed by atoms with Crippen molar-refractivity contribution in [3.8, 4) is 0 Å². The standard InChI is InChI=1S/C14H26N2O/c1-3-12-5-4-9-16(10-7-12)14(17)13-11(2)6-8-15-13/h11-13,15H,3-10H2,1-2H3. The maximum Gasteiger partial charge on any atom is 0.239 e. The smallest absolute Gasteiger partial charge is 0.239 e. The largest absolute Gasteiger partial charge is 0.341 e. The first-order valence-electron chi connectivity index (χ1n) is 7.24. The highest BCUT2D eigenvalue weighted by molar-refractivity contribution is 5.82. The van der Waals surface area contributed by atoms with Crippen molar-refractivity contribution < 1.29 is 4.79 Å². The molecule has 3 nitrogen and oxygen atoms in total. The Morgan fingerprint density at radius 1 is 1.29 bits per heavy atom. The van der Waals surface area contributed by atoms with Gasteiger partial charge in [-0.25, -0.2) is 0 Å². The molecule has 0 aromatic rings. The number of nitrogens with zero attached hydrogens (tertiary/aromatic N) is 1. The van der Waals surface area contributed by atoms with Crippen molar-refractivity contribution in [3.05, 3.63) is 0 Å². The van der Waals surface area contributed by atoms with E-state index in [1.54, 1.807) is 0 Å². The van der Waals surface area contributed by atoms with E-state index in [1.165, 1.54) is 25.7 Å². The molecule has 1 amide bonds. The van der Waals surface area contributed by atoms with Crippen molar-refractivity contribution in [2.24, 2.45) is 11.8 Å². The quantitative estimate of drug-likeness (QED) is 0.798. The van der Waals surface area contributed by atoms with Gasteiger partial charge in [-0.15, -0.1) is 0 Å². The van der Waals surface area contributed by atoms with Gasteiger partial charge in [0.05, 0.1) is 6.04 Å². The number of carbonyl (C=O) groups excluding carboxylic acids is 1. The molecule has 2 aliphatic heterocycles. The second-order valence-corrected chi connectivity index (χ2v) is 5.73. The molecule has 2 fully saturated rings. The van der Waals surface area contributed by atoms with Crippen LogP contribution in [0.4, 0.5) is 0 Å². The fourth-order valence-electron chi connectivity index (χ4n) is 3.16. The van der Waals surface area contributed by atoms with Gasteiger partial charge in [0.15, 0.2) is 0 Å². The maximum atomic E-state index is 12.4. The lowest BCUT2D eigenvalue weighted by Gasteiger charge is -2.26. The summed E-state index contributed by atoms with van der Waals surface area (Å²) < 4.78 is 0. The Labute approximate surface area is 105 Å². The van der Waals surface area contributed by atoms with Crippen molar-refractivity contribution in [2.75, 3.05) is 19.6 Å². The van der Waals surface area contributed by atoms with Gasteiger partial charge in [0.25, 0.3) is 0 Å². The van der Waals surface area contributed by atoms with Crippen LogP contribution in [0, 0.1) is 11.8 Å². The fraction of sp³-hybridized carbons (Fsp3) is 0.929. The average Bonchev–Trinajstić information content (AvgIpc) is 2.64. The van der Waals surface area contributed by atoms with E-state index in [-0.39, 0.29) is 6.04 Å². The van der Waals surface area contributed by atoms with Gasteiger partial charge < -0.3 is 10.2 Å². The Bertz CT molecular complexity index is 267. The first kappa shape index (κ1) is 12.9. The molecule has 0 saturated carbocycles. The third-order valence-electron chi connectivity index (χ3n) is 4.54. The van der Waals surface area contributed by atoms with E-state index in [0.717, 1.165) is 32.0 Å². The summed E-state index contributed by atoms with van der Waals surface area (Å²) in [7, 11) is 0. The van der Waals surface area contributed by atoms with Crippen LogP contribution in [0.3, 0.4) is 0 Å². The van der Waals surface area contributed by atoms with E-state index in [4.69, 9.17) is 0 Å². The first-order valence-corrected chi connectivity index (χ1v) is 7.24. The van der Waals surface area contributed by atoms with Gasteiger partial charge in [0.1, 0.15) is 0 Å². The highest BCUT2D eigenvalue weighted by atomic mass is 16.2. The van der Waals surface area contributed by atoms with Gasteiger partial charge in [0, 0.05) is 13.1 Å². The van der Waals surface area contributed by atoms with Crippen molar-refractivity contribution >= 4 is 5.91 Å². The summed E-state index contributed by atoms with van der Waals surface area (Å²) in [5.41, 5.74) is 0. The van der Waals surface area contributed by atoms with Crippen LogP contribution in [-0.2, 0) is 4.79 Å². The summed E-state index contributed by atoms with van der Waals surface area (Å²) in [6.07, 6.45) is 6.09. The molecule has 2 heterocycles. The number of carbonyl (C=O) groups is 1. The summed E-state index contributed by atoms with van der Waals surface area (Å²) in [5, 5.41) is 3.36. The van der Waals surface area contributed by atoms with E-state index < -0.39 is 0 Å². The van der Waals surface area contributed by atoms with E-state index in [1.807, 2.05) is 0 Å². The Balaban J connectivity index is 1.90. The van der Waals surface area contributed by atoms with Crippen molar-refractivity contribution in [3.63, 3.8) is 0 Å². The molecule has 3 heteroatoms. The molecule has 0 spiro atoms. The van der Waals surface area contributed by atoms with Crippen LogP contribution in [0.25, 0.3) is 0 Å². The molecule has 2 saturated heterocycles. The van der Waals surface area contributed by atoms with Crippen molar-refractivity contribution in [1.29, 1.82) is 0 Å². The summed E-state index contributed by atoms with van der Waals surface area (Å²) in [6, 6.07) is 0.0909. The van der Waals surface area contributed by atoms with Gasteiger partial charge >= 0.3 is 0 Å². The predicted octanol–water partition coefficient (Wildman–Crippen LogP) is 2.02. The molecule has 0 radical (unpaired) electrons. The molecule has 3 atom stereocenters. The van der Waals surface area contributed by atoms with Crippen molar-refractivity contribution in [2.45, 2.75) is 52.0 Å². The molecule has 0 aliphatic carbocycles. The summed E-state index contributed by atoms with van der Waals surface area (Å²) in [6.45, 7) is 7.41. The Morgan fingerprint density at radius 3 is 2.76 bits per heavy atom. The molecule has 98 valence electrons. The minimum atomic E-state index is 0.0909. The molecular weight excluding hydrogens is 212 g/mol. The summed E-state index contributed by atoms with van der Waals surface area (Å²) in [4.78, 5) is 14.5. The van der Waals surface area contributed by atoms with Crippen LogP contribution in [0.1, 0.15) is 46.0 Å². The number of likely N-dealkylation sites (tertiary alicyclic amines) is 1. The fourth-order valence-corrected chi connectivity index (χ4v) is 3.16. The summed E-state index contributed by atoms with van der Waals surface area (Å²) >= 11 is 0. The van der Waals surface area contributed by atoms with Gasteiger partial charge in [-0.1, -0.05) is 20.3 Å². The number of nitrogens with one attached hydrogen (secondary N) is 1.